The molecule has 1 aliphatic rings. The SMILES string of the molecule is CCOC(=O)C1CCN([C@H](c2ccccc2F)c2sc3nc(-c4ccco4)nn3c2O)CC1. The molecular weight excluding hydrogens is 447 g/mol. The van der Waals surface area contributed by atoms with Crippen molar-refractivity contribution in [1.29, 1.82) is 0 Å². The minimum Gasteiger partial charge on any atom is -0.492 e. The van der Waals surface area contributed by atoms with Gasteiger partial charge in [-0.05, 0) is 51.1 Å². The fourth-order valence-corrected chi connectivity index (χ4v) is 5.40. The summed E-state index contributed by atoms with van der Waals surface area (Å²) < 4.78 is 26.8. The molecule has 0 saturated carbocycles. The van der Waals surface area contributed by atoms with Gasteiger partial charge in [-0.2, -0.15) is 9.50 Å². The maximum absolute atomic E-state index is 14.9. The van der Waals surface area contributed by atoms with Crippen LogP contribution in [0.4, 0.5) is 4.39 Å². The summed E-state index contributed by atoms with van der Waals surface area (Å²) in [7, 11) is 0. The van der Waals surface area contributed by atoms with Crippen LogP contribution in [-0.4, -0.2) is 50.3 Å². The third kappa shape index (κ3) is 4.00. The van der Waals surface area contributed by atoms with E-state index in [1.807, 2.05) is 0 Å². The molecule has 0 aliphatic carbocycles. The number of thiazole rings is 1. The number of fused-ring (bicyclic) bond motifs is 1. The lowest BCUT2D eigenvalue weighted by Gasteiger charge is -2.36. The van der Waals surface area contributed by atoms with E-state index in [1.165, 1.54) is 28.2 Å². The number of benzene rings is 1. The first-order valence-electron chi connectivity index (χ1n) is 10.8. The lowest BCUT2D eigenvalue weighted by atomic mass is 9.93. The summed E-state index contributed by atoms with van der Waals surface area (Å²) in [5, 5.41) is 15.5. The standard InChI is InChI=1S/C23H23FN4O4S/c1-2-31-22(30)14-9-11-27(12-10-14)18(15-6-3-4-7-16(15)24)19-21(29)28-23(33-19)25-20(26-28)17-8-5-13-32-17/h3-8,13-14,18,29H,2,9-12H2,1H3/t18-/m1/s1. The highest BCUT2D eigenvalue weighted by Gasteiger charge is 2.35. The van der Waals surface area contributed by atoms with E-state index >= 15 is 0 Å². The number of piperidine rings is 1. The van der Waals surface area contributed by atoms with Crippen LogP contribution in [0.2, 0.25) is 0 Å². The highest BCUT2D eigenvalue weighted by Crippen LogP contribution is 2.42. The Bertz CT molecular complexity index is 1260. The van der Waals surface area contributed by atoms with Gasteiger partial charge in [-0.25, -0.2) is 4.39 Å². The number of furan rings is 1. The number of likely N-dealkylation sites (tertiary alicyclic amines) is 1. The Labute approximate surface area is 193 Å². The highest BCUT2D eigenvalue weighted by atomic mass is 32.1. The van der Waals surface area contributed by atoms with E-state index in [1.54, 1.807) is 37.3 Å². The van der Waals surface area contributed by atoms with Crippen molar-refractivity contribution in [3.8, 4) is 17.5 Å². The minimum atomic E-state index is -0.532. The van der Waals surface area contributed by atoms with Gasteiger partial charge in [0.25, 0.3) is 0 Å². The molecule has 0 bridgehead atoms. The van der Waals surface area contributed by atoms with Gasteiger partial charge in [-0.3, -0.25) is 9.69 Å². The zero-order chi connectivity index (χ0) is 22.9. The van der Waals surface area contributed by atoms with Crippen molar-refractivity contribution in [1.82, 2.24) is 19.5 Å². The number of hydrogen-bond donors (Lipinski definition) is 1. The zero-order valence-corrected chi connectivity index (χ0v) is 18.8. The van der Waals surface area contributed by atoms with Gasteiger partial charge in [0.05, 0.1) is 29.7 Å². The Morgan fingerprint density at radius 1 is 1.30 bits per heavy atom. The number of aromatic hydroxyl groups is 1. The lowest BCUT2D eigenvalue weighted by Crippen LogP contribution is -2.39. The Balaban J connectivity index is 1.50. The second kappa shape index (κ2) is 8.95. The number of esters is 1. The van der Waals surface area contributed by atoms with Gasteiger partial charge in [0.1, 0.15) is 5.82 Å². The quantitative estimate of drug-likeness (QED) is 0.421. The first-order chi connectivity index (χ1) is 16.1. The second-order valence-corrected chi connectivity index (χ2v) is 8.89. The second-order valence-electron chi connectivity index (χ2n) is 7.88. The van der Waals surface area contributed by atoms with Crippen LogP contribution in [0.25, 0.3) is 16.5 Å². The fourth-order valence-electron chi connectivity index (χ4n) is 4.29. The van der Waals surface area contributed by atoms with Crippen molar-refractivity contribution in [3.05, 3.63) is 58.9 Å². The zero-order valence-electron chi connectivity index (χ0n) is 18.0. The largest absolute Gasteiger partial charge is 0.492 e. The molecule has 1 fully saturated rings. The minimum absolute atomic E-state index is 0.0823. The molecule has 1 saturated heterocycles. The van der Waals surface area contributed by atoms with E-state index in [2.05, 4.69) is 15.0 Å². The number of ether oxygens (including phenoxy) is 1. The van der Waals surface area contributed by atoms with Crippen LogP contribution < -0.4 is 0 Å². The number of carbonyl (C=O) groups is 1. The summed E-state index contributed by atoms with van der Waals surface area (Å²) in [5.41, 5.74) is 0.457. The van der Waals surface area contributed by atoms with Crippen LogP contribution in [0, 0.1) is 11.7 Å². The lowest BCUT2D eigenvalue weighted by molar-refractivity contribution is -0.149. The van der Waals surface area contributed by atoms with Gasteiger partial charge in [0.15, 0.2) is 5.76 Å². The summed E-state index contributed by atoms with van der Waals surface area (Å²) in [6.45, 7) is 3.27. The molecular formula is C23H23FN4O4S. The molecule has 1 aliphatic heterocycles. The average Bonchev–Trinajstić information content (AvgIpc) is 3.55. The number of carbonyl (C=O) groups excluding carboxylic acids is 1. The summed E-state index contributed by atoms with van der Waals surface area (Å²) in [6, 6.07) is 9.51. The Morgan fingerprint density at radius 3 is 2.76 bits per heavy atom. The third-order valence-corrected chi connectivity index (χ3v) is 6.98. The molecule has 33 heavy (non-hydrogen) atoms. The predicted molar refractivity (Wildman–Crippen MR) is 119 cm³/mol. The molecule has 172 valence electrons. The van der Waals surface area contributed by atoms with E-state index in [9.17, 15) is 14.3 Å². The third-order valence-electron chi connectivity index (χ3n) is 5.90. The summed E-state index contributed by atoms with van der Waals surface area (Å²) in [4.78, 5) is 19.8. The van der Waals surface area contributed by atoms with Crippen molar-refractivity contribution < 1.29 is 23.4 Å². The maximum atomic E-state index is 14.9. The monoisotopic (exact) mass is 470 g/mol. The molecule has 1 N–H and O–H groups in total. The molecule has 4 aromatic rings. The summed E-state index contributed by atoms with van der Waals surface area (Å²) >= 11 is 1.26. The number of halogens is 1. The summed E-state index contributed by atoms with van der Waals surface area (Å²) in [5.74, 6) is 0.0658. The summed E-state index contributed by atoms with van der Waals surface area (Å²) in [6.07, 6.45) is 2.74. The van der Waals surface area contributed by atoms with Gasteiger partial charge in [0.2, 0.25) is 16.7 Å². The maximum Gasteiger partial charge on any atom is 0.309 e. The van der Waals surface area contributed by atoms with Gasteiger partial charge in [0, 0.05) is 5.56 Å². The molecule has 10 heteroatoms. The topological polar surface area (TPSA) is 93.1 Å². The first-order valence-corrected chi connectivity index (χ1v) is 11.7. The van der Waals surface area contributed by atoms with Crippen LogP contribution in [0.1, 0.15) is 36.2 Å². The van der Waals surface area contributed by atoms with Gasteiger partial charge in [-0.15, -0.1) is 5.10 Å². The molecule has 3 aromatic heterocycles. The number of aromatic nitrogens is 3. The van der Waals surface area contributed by atoms with Crippen molar-refractivity contribution in [2.75, 3.05) is 19.7 Å². The van der Waals surface area contributed by atoms with Crippen LogP contribution in [-0.2, 0) is 9.53 Å². The van der Waals surface area contributed by atoms with Crippen molar-refractivity contribution in [3.63, 3.8) is 0 Å². The molecule has 0 spiro atoms. The van der Waals surface area contributed by atoms with E-state index in [4.69, 9.17) is 9.15 Å². The molecule has 5 rings (SSSR count). The Morgan fingerprint density at radius 2 is 2.09 bits per heavy atom. The van der Waals surface area contributed by atoms with Crippen molar-refractivity contribution >= 4 is 22.3 Å². The smallest absolute Gasteiger partial charge is 0.309 e. The van der Waals surface area contributed by atoms with Gasteiger partial charge < -0.3 is 14.3 Å². The average molecular weight is 471 g/mol. The predicted octanol–water partition coefficient (Wildman–Crippen LogP) is 4.26. The Hall–Kier alpha value is -3.24. The van der Waals surface area contributed by atoms with Crippen LogP contribution >= 0.6 is 11.3 Å². The molecule has 0 radical (unpaired) electrons. The van der Waals surface area contributed by atoms with Crippen molar-refractivity contribution in [2.24, 2.45) is 5.92 Å². The molecule has 1 atom stereocenters. The normalized spacial score (nSPS) is 16.3. The van der Waals surface area contributed by atoms with Crippen LogP contribution in [0.15, 0.2) is 47.1 Å². The van der Waals surface area contributed by atoms with Gasteiger partial charge in [-0.1, -0.05) is 29.5 Å². The van der Waals surface area contributed by atoms with E-state index in [0.29, 0.717) is 59.5 Å². The fraction of sp³-hybridized carbons (Fsp3) is 0.348. The highest BCUT2D eigenvalue weighted by molar-refractivity contribution is 7.17. The molecule has 1 aromatic carbocycles. The van der Waals surface area contributed by atoms with Crippen LogP contribution in [0.5, 0.6) is 5.88 Å². The first kappa shape index (κ1) is 21.6. The number of hydrogen-bond acceptors (Lipinski definition) is 8. The molecule has 0 unspecified atom stereocenters. The molecule has 8 nitrogen and oxygen atoms in total. The van der Waals surface area contributed by atoms with E-state index in [-0.39, 0.29) is 23.6 Å². The van der Waals surface area contributed by atoms with Crippen LogP contribution in [0.3, 0.4) is 0 Å². The Kier molecular flexibility index (Phi) is 5.86. The number of nitrogens with zero attached hydrogens (tertiary/aromatic N) is 4. The number of rotatable bonds is 6. The molecule has 4 heterocycles. The van der Waals surface area contributed by atoms with Crippen molar-refractivity contribution in [2.45, 2.75) is 25.8 Å². The van der Waals surface area contributed by atoms with E-state index < -0.39 is 6.04 Å². The van der Waals surface area contributed by atoms with Gasteiger partial charge >= 0.3 is 5.97 Å². The van der Waals surface area contributed by atoms with E-state index in [0.717, 1.165) is 0 Å². The molecule has 0 amide bonds.